The molecule has 0 aliphatic heterocycles. The first-order valence-electron chi connectivity index (χ1n) is 6.73. The molecule has 21 heavy (non-hydrogen) atoms. The fraction of sp³-hybridized carbons (Fsp3) is 0.333. The second kappa shape index (κ2) is 6.76. The zero-order valence-electron chi connectivity index (χ0n) is 11.8. The van der Waals surface area contributed by atoms with E-state index < -0.39 is 11.6 Å². The van der Waals surface area contributed by atoms with Crippen molar-refractivity contribution in [2.75, 3.05) is 5.32 Å². The van der Waals surface area contributed by atoms with Crippen LogP contribution in [0.15, 0.2) is 23.6 Å². The predicted octanol–water partition coefficient (Wildman–Crippen LogP) is 4.46. The van der Waals surface area contributed by atoms with Gasteiger partial charge >= 0.3 is 0 Å². The van der Waals surface area contributed by atoms with Gasteiger partial charge in [0, 0.05) is 16.9 Å². The van der Waals surface area contributed by atoms with Gasteiger partial charge in [-0.15, -0.1) is 11.3 Å². The molecule has 112 valence electrons. The number of thiazole rings is 1. The number of carbonyl (C=O) groups excluding carboxylic acids is 1. The average Bonchev–Trinajstić information content (AvgIpc) is 2.90. The van der Waals surface area contributed by atoms with Gasteiger partial charge < -0.3 is 5.32 Å². The topological polar surface area (TPSA) is 42.0 Å². The first kappa shape index (κ1) is 15.6. The Morgan fingerprint density at radius 2 is 2.19 bits per heavy atom. The fourth-order valence-corrected chi connectivity index (χ4v) is 2.65. The second-order valence-corrected chi connectivity index (χ2v) is 5.70. The summed E-state index contributed by atoms with van der Waals surface area (Å²) in [6, 6.07) is 3.21. The van der Waals surface area contributed by atoms with Crippen LogP contribution in [0.4, 0.5) is 13.9 Å². The first-order chi connectivity index (χ1) is 10.0. The number of amides is 1. The van der Waals surface area contributed by atoms with Gasteiger partial charge in [0.15, 0.2) is 5.13 Å². The normalized spacial score (nSPS) is 12.2. The smallest absolute Gasteiger partial charge is 0.228 e. The number of halogens is 2. The van der Waals surface area contributed by atoms with E-state index in [-0.39, 0.29) is 17.4 Å². The van der Waals surface area contributed by atoms with E-state index in [9.17, 15) is 13.6 Å². The monoisotopic (exact) mass is 310 g/mol. The predicted molar refractivity (Wildman–Crippen MR) is 80.2 cm³/mol. The van der Waals surface area contributed by atoms with Crippen molar-refractivity contribution < 1.29 is 13.6 Å². The van der Waals surface area contributed by atoms with Crippen LogP contribution in [0.1, 0.15) is 26.7 Å². The number of nitrogens with one attached hydrogen (secondary N) is 1. The van der Waals surface area contributed by atoms with Gasteiger partial charge in [-0.25, -0.2) is 13.8 Å². The van der Waals surface area contributed by atoms with Crippen molar-refractivity contribution in [3.05, 3.63) is 35.2 Å². The number of hydrogen-bond donors (Lipinski definition) is 1. The summed E-state index contributed by atoms with van der Waals surface area (Å²) in [4.78, 5) is 16.0. The minimum atomic E-state index is -0.543. The Hall–Kier alpha value is -1.82. The van der Waals surface area contributed by atoms with E-state index in [0.29, 0.717) is 10.8 Å². The lowest BCUT2D eigenvalue weighted by molar-refractivity contribution is -0.119. The zero-order valence-corrected chi connectivity index (χ0v) is 12.6. The number of rotatable bonds is 5. The van der Waals surface area contributed by atoms with Crippen molar-refractivity contribution in [1.82, 2.24) is 4.98 Å². The summed E-state index contributed by atoms with van der Waals surface area (Å²) >= 11 is 1.19. The molecule has 2 aromatic rings. The second-order valence-electron chi connectivity index (χ2n) is 4.84. The van der Waals surface area contributed by atoms with Crippen LogP contribution in [0, 0.1) is 17.6 Å². The molecule has 0 spiro atoms. The summed E-state index contributed by atoms with van der Waals surface area (Å²) in [5.41, 5.74) is 0.406. The maximum absolute atomic E-state index is 13.7. The van der Waals surface area contributed by atoms with Crippen molar-refractivity contribution in [1.29, 1.82) is 0 Å². The molecular formula is C15H16F2N2OS. The number of anilines is 1. The highest BCUT2D eigenvalue weighted by molar-refractivity contribution is 7.14. The molecule has 1 amide bonds. The largest absolute Gasteiger partial charge is 0.302 e. The van der Waals surface area contributed by atoms with Crippen LogP contribution in [0.3, 0.4) is 0 Å². The van der Waals surface area contributed by atoms with Gasteiger partial charge in [0.2, 0.25) is 5.91 Å². The van der Waals surface area contributed by atoms with Crippen LogP contribution >= 0.6 is 11.3 Å². The van der Waals surface area contributed by atoms with Crippen LogP contribution < -0.4 is 5.32 Å². The molecule has 0 aliphatic rings. The summed E-state index contributed by atoms with van der Waals surface area (Å²) in [7, 11) is 0. The van der Waals surface area contributed by atoms with Gasteiger partial charge in [-0.1, -0.05) is 20.3 Å². The van der Waals surface area contributed by atoms with Crippen LogP contribution in [0.2, 0.25) is 0 Å². The van der Waals surface area contributed by atoms with E-state index in [4.69, 9.17) is 0 Å². The lowest BCUT2D eigenvalue weighted by Gasteiger charge is -2.08. The first-order valence-corrected chi connectivity index (χ1v) is 7.61. The molecule has 0 saturated heterocycles. The Morgan fingerprint density at radius 1 is 1.43 bits per heavy atom. The molecule has 1 aromatic heterocycles. The molecule has 0 aliphatic carbocycles. The molecule has 0 saturated carbocycles. The summed E-state index contributed by atoms with van der Waals surface area (Å²) in [5.74, 6) is -1.29. The molecule has 1 unspecified atom stereocenters. The Morgan fingerprint density at radius 3 is 2.90 bits per heavy atom. The maximum atomic E-state index is 13.7. The molecule has 6 heteroatoms. The van der Waals surface area contributed by atoms with Gasteiger partial charge in [0.05, 0.1) is 5.69 Å². The highest BCUT2D eigenvalue weighted by Crippen LogP contribution is 2.28. The molecule has 3 nitrogen and oxygen atoms in total. The Kier molecular flexibility index (Phi) is 5.01. The van der Waals surface area contributed by atoms with Gasteiger partial charge in [0.25, 0.3) is 0 Å². The van der Waals surface area contributed by atoms with Crippen molar-refractivity contribution in [3.63, 3.8) is 0 Å². The number of aromatic nitrogens is 1. The Balaban J connectivity index is 2.15. The summed E-state index contributed by atoms with van der Waals surface area (Å²) < 4.78 is 26.8. The highest BCUT2D eigenvalue weighted by Gasteiger charge is 2.15. The molecular weight excluding hydrogens is 294 g/mol. The van der Waals surface area contributed by atoms with Crippen molar-refractivity contribution in [2.24, 2.45) is 5.92 Å². The molecule has 1 heterocycles. The van der Waals surface area contributed by atoms with E-state index in [2.05, 4.69) is 10.3 Å². The average molecular weight is 310 g/mol. The molecule has 0 bridgehead atoms. The van der Waals surface area contributed by atoms with Crippen molar-refractivity contribution in [3.8, 4) is 11.3 Å². The van der Waals surface area contributed by atoms with Gasteiger partial charge in [-0.3, -0.25) is 4.79 Å². The number of carbonyl (C=O) groups is 1. The van der Waals surface area contributed by atoms with E-state index in [1.54, 1.807) is 5.38 Å². The van der Waals surface area contributed by atoms with Crippen molar-refractivity contribution in [2.45, 2.75) is 26.7 Å². The third kappa shape index (κ3) is 3.85. The standard InChI is InChI=1S/C15H16F2N2OS/c1-3-4-9(2)14(20)19-15-18-13(8-21-15)11-7-10(16)5-6-12(11)17/h5-9H,3-4H2,1-2H3,(H,18,19,20). The summed E-state index contributed by atoms with van der Waals surface area (Å²) in [6.07, 6.45) is 1.72. The molecule has 2 rings (SSSR count). The Bertz CT molecular complexity index is 642. The maximum Gasteiger partial charge on any atom is 0.228 e. The molecule has 1 N–H and O–H groups in total. The van der Waals surface area contributed by atoms with Crippen molar-refractivity contribution >= 4 is 22.4 Å². The SMILES string of the molecule is CCCC(C)C(=O)Nc1nc(-c2cc(F)ccc2F)cs1. The lowest BCUT2D eigenvalue weighted by atomic mass is 10.1. The lowest BCUT2D eigenvalue weighted by Crippen LogP contribution is -2.20. The van der Waals surface area contributed by atoms with E-state index >= 15 is 0 Å². The third-order valence-corrected chi connectivity index (χ3v) is 3.87. The quantitative estimate of drug-likeness (QED) is 0.885. The van der Waals surface area contributed by atoms with E-state index in [0.717, 1.165) is 31.0 Å². The van der Waals surface area contributed by atoms with Crippen LogP contribution in [0.25, 0.3) is 11.3 Å². The number of benzene rings is 1. The van der Waals surface area contributed by atoms with Gasteiger partial charge in [0.1, 0.15) is 11.6 Å². The fourth-order valence-electron chi connectivity index (χ4n) is 1.94. The van der Waals surface area contributed by atoms with Crippen LogP contribution in [0.5, 0.6) is 0 Å². The Labute approximate surface area is 126 Å². The molecule has 1 atom stereocenters. The highest BCUT2D eigenvalue weighted by atomic mass is 32.1. The number of nitrogens with zero attached hydrogens (tertiary/aromatic N) is 1. The molecule has 0 radical (unpaired) electrons. The van der Waals surface area contributed by atoms with Gasteiger partial charge in [-0.2, -0.15) is 0 Å². The minimum Gasteiger partial charge on any atom is -0.302 e. The van der Waals surface area contributed by atoms with Crippen LogP contribution in [-0.2, 0) is 4.79 Å². The molecule has 1 aromatic carbocycles. The van der Waals surface area contributed by atoms with E-state index in [1.807, 2.05) is 13.8 Å². The zero-order chi connectivity index (χ0) is 15.4. The molecule has 0 fully saturated rings. The van der Waals surface area contributed by atoms with Gasteiger partial charge in [-0.05, 0) is 24.6 Å². The summed E-state index contributed by atoms with van der Waals surface area (Å²) in [5, 5.41) is 4.69. The van der Waals surface area contributed by atoms with E-state index in [1.165, 1.54) is 11.3 Å². The minimum absolute atomic E-state index is 0.0911. The van der Waals surface area contributed by atoms with Crippen LogP contribution in [-0.4, -0.2) is 10.9 Å². The third-order valence-electron chi connectivity index (χ3n) is 3.11. The summed E-state index contributed by atoms with van der Waals surface area (Å²) in [6.45, 7) is 3.86. The number of hydrogen-bond acceptors (Lipinski definition) is 3.